The summed E-state index contributed by atoms with van der Waals surface area (Å²) >= 11 is 0. The maximum absolute atomic E-state index is 12.7. The van der Waals surface area contributed by atoms with E-state index in [1.807, 2.05) is 0 Å². The van der Waals surface area contributed by atoms with Crippen molar-refractivity contribution in [2.45, 2.75) is 4.90 Å². The number of hydrogen-bond acceptors (Lipinski definition) is 5. The van der Waals surface area contributed by atoms with Crippen molar-refractivity contribution >= 4 is 15.7 Å². The highest BCUT2D eigenvalue weighted by Crippen LogP contribution is 2.15. The first kappa shape index (κ1) is 16.8. The molecule has 122 valence electrons. The van der Waals surface area contributed by atoms with E-state index in [1.165, 1.54) is 24.3 Å². The van der Waals surface area contributed by atoms with Gasteiger partial charge in [0.2, 0.25) is 10.0 Å². The van der Waals surface area contributed by atoms with Crippen molar-refractivity contribution in [3.63, 3.8) is 0 Å². The van der Waals surface area contributed by atoms with E-state index in [9.17, 15) is 22.9 Å². The molecule has 0 aliphatic heterocycles. The van der Waals surface area contributed by atoms with Gasteiger partial charge in [-0.25, -0.2) is 17.5 Å². The Hall–Kier alpha value is -2.52. The topological polar surface area (TPSA) is 98.5 Å². The molecule has 0 aliphatic rings. The zero-order valence-corrected chi connectivity index (χ0v) is 12.6. The SMILES string of the molecule is O=[N+]([O-])c1ccc(S(=O)(=O)NCCOc2ccc(F)cc2)cc1. The molecule has 0 saturated heterocycles. The van der Waals surface area contributed by atoms with Crippen molar-refractivity contribution < 1.29 is 22.5 Å². The number of nitro benzene ring substituents is 1. The van der Waals surface area contributed by atoms with Crippen LogP contribution in [0.3, 0.4) is 0 Å². The Kier molecular flexibility index (Phi) is 5.24. The molecule has 2 aromatic rings. The quantitative estimate of drug-likeness (QED) is 0.473. The number of halogens is 1. The van der Waals surface area contributed by atoms with Crippen LogP contribution in [0.25, 0.3) is 0 Å². The van der Waals surface area contributed by atoms with Gasteiger partial charge in [-0.05, 0) is 36.4 Å². The predicted molar refractivity (Wildman–Crippen MR) is 80.2 cm³/mol. The molecular formula is C14H13FN2O5S. The minimum absolute atomic E-state index is 0.00328. The third kappa shape index (κ3) is 4.73. The van der Waals surface area contributed by atoms with Crippen molar-refractivity contribution in [1.29, 1.82) is 0 Å². The first-order valence-electron chi connectivity index (χ1n) is 6.51. The summed E-state index contributed by atoms with van der Waals surface area (Å²) in [7, 11) is -3.78. The molecule has 0 saturated carbocycles. The minimum Gasteiger partial charge on any atom is -0.492 e. The van der Waals surface area contributed by atoms with Gasteiger partial charge < -0.3 is 4.74 Å². The van der Waals surface area contributed by atoms with Crippen LogP contribution in [0.5, 0.6) is 5.75 Å². The fraction of sp³-hybridized carbons (Fsp3) is 0.143. The van der Waals surface area contributed by atoms with Gasteiger partial charge in [-0.2, -0.15) is 0 Å². The molecule has 0 spiro atoms. The maximum atomic E-state index is 12.7. The van der Waals surface area contributed by atoms with Crippen LogP contribution in [0, 0.1) is 15.9 Å². The van der Waals surface area contributed by atoms with E-state index in [0.717, 1.165) is 24.3 Å². The number of benzene rings is 2. The normalized spacial score (nSPS) is 11.2. The van der Waals surface area contributed by atoms with Crippen molar-refractivity contribution in [3.8, 4) is 5.75 Å². The lowest BCUT2D eigenvalue weighted by atomic mass is 10.3. The lowest BCUT2D eigenvalue weighted by Crippen LogP contribution is -2.28. The Labute approximate surface area is 131 Å². The molecule has 0 unspecified atom stereocenters. The zero-order valence-electron chi connectivity index (χ0n) is 11.8. The molecule has 1 N–H and O–H groups in total. The summed E-state index contributed by atoms with van der Waals surface area (Å²) in [5, 5.41) is 10.5. The van der Waals surface area contributed by atoms with Crippen LogP contribution in [-0.4, -0.2) is 26.5 Å². The molecular weight excluding hydrogens is 327 g/mol. The second kappa shape index (κ2) is 7.16. The standard InChI is InChI=1S/C14H13FN2O5S/c15-11-1-5-13(6-2-11)22-10-9-16-23(20,21)14-7-3-12(4-8-14)17(18)19/h1-8,16H,9-10H2. The van der Waals surface area contributed by atoms with E-state index in [1.54, 1.807) is 0 Å². The first-order valence-corrected chi connectivity index (χ1v) is 7.99. The van der Waals surface area contributed by atoms with E-state index < -0.39 is 20.8 Å². The number of ether oxygens (including phenoxy) is 1. The molecule has 0 amide bonds. The third-order valence-corrected chi connectivity index (χ3v) is 4.31. The van der Waals surface area contributed by atoms with E-state index in [-0.39, 0.29) is 23.7 Å². The molecule has 7 nitrogen and oxygen atoms in total. The highest BCUT2D eigenvalue weighted by Gasteiger charge is 2.15. The number of rotatable bonds is 7. The summed E-state index contributed by atoms with van der Waals surface area (Å²) < 4.78 is 44.2. The fourth-order valence-electron chi connectivity index (χ4n) is 1.71. The number of nitrogens with zero attached hydrogens (tertiary/aromatic N) is 1. The molecule has 23 heavy (non-hydrogen) atoms. The molecule has 0 bridgehead atoms. The second-order valence-electron chi connectivity index (χ2n) is 4.45. The van der Waals surface area contributed by atoms with Crippen LogP contribution in [0.15, 0.2) is 53.4 Å². The monoisotopic (exact) mass is 340 g/mol. The maximum Gasteiger partial charge on any atom is 0.269 e. The summed E-state index contributed by atoms with van der Waals surface area (Å²) in [6.45, 7) is 0.0501. The van der Waals surface area contributed by atoms with Gasteiger partial charge in [0.05, 0.1) is 9.82 Å². The largest absolute Gasteiger partial charge is 0.492 e. The van der Waals surface area contributed by atoms with E-state index >= 15 is 0 Å². The van der Waals surface area contributed by atoms with Crippen LogP contribution in [0.1, 0.15) is 0 Å². The first-order chi connectivity index (χ1) is 10.9. The molecule has 0 heterocycles. The molecule has 9 heteroatoms. The van der Waals surface area contributed by atoms with Crippen molar-refractivity contribution in [1.82, 2.24) is 4.72 Å². The van der Waals surface area contributed by atoms with Crippen molar-refractivity contribution in [3.05, 3.63) is 64.5 Å². The Balaban J connectivity index is 1.88. The average molecular weight is 340 g/mol. The van der Waals surface area contributed by atoms with Crippen molar-refractivity contribution in [2.75, 3.05) is 13.2 Å². The average Bonchev–Trinajstić information content (AvgIpc) is 2.53. The van der Waals surface area contributed by atoms with Gasteiger partial charge in [0.15, 0.2) is 0 Å². The highest BCUT2D eigenvalue weighted by atomic mass is 32.2. The molecule has 2 aromatic carbocycles. The van der Waals surface area contributed by atoms with Gasteiger partial charge in [0.25, 0.3) is 5.69 Å². The van der Waals surface area contributed by atoms with Gasteiger partial charge in [0, 0.05) is 18.7 Å². The number of nitro groups is 1. The Morgan fingerprint density at radius 1 is 1.09 bits per heavy atom. The smallest absolute Gasteiger partial charge is 0.269 e. The van der Waals surface area contributed by atoms with Gasteiger partial charge in [-0.15, -0.1) is 0 Å². The molecule has 0 aliphatic carbocycles. The second-order valence-corrected chi connectivity index (χ2v) is 6.22. The van der Waals surface area contributed by atoms with Crippen molar-refractivity contribution in [2.24, 2.45) is 0 Å². The van der Waals surface area contributed by atoms with E-state index in [2.05, 4.69) is 4.72 Å². The molecule has 0 fully saturated rings. The Bertz CT molecular complexity index is 776. The predicted octanol–water partition coefficient (Wildman–Crippen LogP) is 2.09. The summed E-state index contributed by atoms with van der Waals surface area (Å²) in [5.41, 5.74) is -0.191. The summed E-state index contributed by atoms with van der Waals surface area (Å²) in [6, 6.07) is 9.86. The molecule has 0 atom stereocenters. The lowest BCUT2D eigenvalue weighted by Gasteiger charge is -2.08. The molecule has 2 rings (SSSR count). The van der Waals surface area contributed by atoms with Gasteiger partial charge >= 0.3 is 0 Å². The molecule has 0 aromatic heterocycles. The Morgan fingerprint density at radius 3 is 2.26 bits per heavy atom. The van der Waals surface area contributed by atoms with Gasteiger partial charge in [-0.1, -0.05) is 0 Å². The van der Waals surface area contributed by atoms with E-state index in [4.69, 9.17) is 4.74 Å². The number of sulfonamides is 1. The summed E-state index contributed by atoms with van der Waals surface area (Å²) in [5.74, 6) is 0.0251. The third-order valence-electron chi connectivity index (χ3n) is 2.83. The van der Waals surface area contributed by atoms with Crippen LogP contribution < -0.4 is 9.46 Å². The lowest BCUT2D eigenvalue weighted by molar-refractivity contribution is -0.384. The summed E-state index contributed by atoms with van der Waals surface area (Å²) in [4.78, 5) is 9.84. The van der Waals surface area contributed by atoms with Gasteiger partial charge in [0.1, 0.15) is 18.2 Å². The number of nitrogens with one attached hydrogen (secondary N) is 1. The molecule has 0 radical (unpaired) electrons. The fourth-order valence-corrected chi connectivity index (χ4v) is 2.72. The van der Waals surface area contributed by atoms with E-state index in [0.29, 0.717) is 5.75 Å². The highest BCUT2D eigenvalue weighted by molar-refractivity contribution is 7.89. The van der Waals surface area contributed by atoms with Gasteiger partial charge in [-0.3, -0.25) is 10.1 Å². The summed E-state index contributed by atoms with van der Waals surface area (Å²) in [6.07, 6.45) is 0. The van der Waals surface area contributed by atoms with Crippen LogP contribution in [0.2, 0.25) is 0 Å². The zero-order chi connectivity index (χ0) is 16.9. The van der Waals surface area contributed by atoms with Crippen LogP contribution in [0.4, 0.5) is 10.1 Å². The number of non-ortho nitro benzene ring substituents is 1. The number of hydrogen-bond donors (Lipinski definition) is 1. The Morgan fingerprint density at radius 2 is 1.70 bits per heavy atom. The van der Waals surface area contributed by atoms with Crippen LogP contribution >= 0.6 is 0 Å². The van der Waals surface area contributed by atoms with Crippen LogP contribution in [-0.2, 0) is 10.0 Å². The minimum atomic E-state index is -3.78.